The van der Waals surface area contributed by atoms with Gasteiger partial charge in [-0.3, -0.25) is 14.8 Å². The van der Waals surface area contributed by atoms with Crippen LogP contribution in [0.5, 0.6) is 0 Å². The van der Waals surface area contributed by atoms with Gasteiger partial charge in [-0.2, -0.15) is 0 Å². The summed E-state index contributed by atoms with van der Waals surface area (Å²) in [5.41, 5.74) is 1.32. The molecule has 1 saturated heterocycles. The summed E-state index contributed by atoms with van der Waals surface area (Å²) in [7, 11) is 0. The van der Waals surface area contributed by atoms with Crippen molar-refractivity contribution < 1.29 is 4.79 Å². The predicted octanol–water partition coefficient (Wildman–Crippen LogP) is 3.41. The molecule has 1 saturated carbocycles. The highest BCUT2D eigenvalue weighted by atomic mass is 32.2. The van der Waals surface area contributed by atoms with Gasteiger partial charge in [-0.05, 0) is 24.3 Å². The second kappa shape index (κ2) is 10.3. The second-order valence-electron chi connectivity index (χ2n) is 8.32. The van der Waals surface area contributed by atoms with Crippen molar-refractivity contribution >= 4 is 17.7 Å². The number of hydrogen-bond donors (Lipinski definition) is 2. The molecule has 0 spiro atoms. The number of H-pyrrole nitrogens is 1. The minimum atomic E-state index is 0.0684. The van der Waals surface area contributed by atoms with Gasteiger partial charge in [0.25, 0.3) is 0 Å². The van der Waals surface area contributed by atoms with Crippen LogP contribution in [-0.2, 0) is 17.8 Å². The minimum Gasteiger partial charge on any atom is -0.351 e. The molecule has 0 unspecified atom stereocenters. The van der Waals surface area contributed by atoms with Crippen molar-refractivity contribution in [3.63, 3.8) is 0 Å². The van der Waals surface area contributed by atoms with Crippen molar-refractivity contribution in [3.05, 3.63) is 41.7 Å². The van der Waals surface area contributed by atoms with E-state index in [0.717, 1.165) is 44.2 Å². The Balaban J connectivity index is 1.14. The van der Waals surface area contributed by atoms with Crippen LogP contribution in [0.4, 0.5) is 0 Å². The lowest BCUT2D eigenvalue weighted by Crippen LogP contribution is -2.38. The molecule has 0 radical (unpaired) electrons. The molecular weight excluding hydrogens is 382 g/mol. The SMILES string of the molecule is O=C(CSc1n[nH]c(CCC2CCCC2)n1)N[C@@H]1CCN(Cc2ccccc2)C1. The third-order valence-corrected chi connectivity index (χ3v) is 6.84. The molecule has 2 heterocycles. The maximum atomic E-state index is 12.3. The van der Waals surface area contributed by atoms with Crippen LogP contribution in [0.2, 0.25) is 0 Å². The van der Waals surface area contributed by atoms with Crippen LogP contribution in [0.15, 0.2) is 35.5 Å². The summed E-state index contributed by atoms with van der Waals surface area (Å²) in [5.74, 6) is 2.25. The van der Waals surface area contributed by atoms with E-state index < -0.39 is 0 Å². The van der Waals surface area contributed by atoms with Crippen LogP contribution in [0.3, 0.4) is 0 Å². The molecule has 29 heavy (non-hydrogen) atoms. The number of aryl methyl sites for hydroxylation is 1. The number of benzene rings is 1. The quantitative estimate of drug-likeness (QED) is 0.616. The standard InChI is InChI=1S/C22H31N5OS/c28-21(23-19-12-13-27(15-19)14-18-8-2-1-3-9-18)16-29-22-24-20(25-26-22)11-10-17-6-4-5-7-17/h1-3,8-9,17,19H,4-7,10-16H2,(H,23,28)(H,24,25,26)/t19-/m1/s1. The first-order valence-corrected chi connectivity index (χ1v) is 11.8. The molecule has 1 aromatic heterocycles. The maximum Gasteiger partial charge on any atom is 0.230 e. The lowest BCUT2D eigenvalue weighted by Gasteiger charge is -2.16. The molecule has 1 aromatic carbocycles. The first kappa shape index (κ1) is 20.4. The van der Waals surface area contributed by atoms with Crippen molar-refractivity contribution in [2.45, 2.75) is 62.7 Å². The average molecular weight is 414 g/mol. The third-order valence-electron chi connectivity index (χ3n) is 5.99. The van der Waals surface area contributed by atoms with E-state index in [1.807, 2.05) is 6.07 Å². The lowest BCUT2D eigenvalue weighted by atomic mass is 10.0. The van der Waals surface area contributed by atoms with Crippen molar-refractivity contribution in [1.82, 2.24) is 25.4 Å². The van der Waals surface area contributed by atoms with Gasteiger partial charge in [0, 0.05) is 32.1 Å². The Hall–Kier alpha value is -1.86. The van der Waals surface area contributed by atoms with E-state index in [9.17, 15) is 4.79 Å². The molecule has 2 aromatic rings. The molecule has 2 N–H and O–H groups in total. The number of aromatic nitrogens is 3. The number of hydrogen-bond acceptors (Lipinski definition) is 5. The van der Waals surface area contributed by atoms with Crippen LogP contribution in [0.1, 0.15) is 49.9 Å². The summed E-state index contributed by atoms with van der Waals surface area (Å²) in [6.45, 7) is 2.89. The van der Waals surface area contributed by atoms with Crippen LogP contribution in [0, 0.1) is 5.92 Å². The summed E-state index contributed by atoms with van der Waals surface area (Å²) in [5, 5.41) is 11.1. The normalized spacial score (nSPS) is 20.3. The highest BCUT2D eigenvalue weighted by Gasteiger charge is 2.24. The highest BCUT2D eigenvalue weighted by molar-refractivity contribution is 7.99. The van der Waals surface area contributed by atoms with Crippen LogP contribution in [-0.4, -0.2) is 50.9 Å². The first-order valence-electron chi connectivity index (χ1n) is 10.8. The van der Waals surface area contributed by atoms with Crippen LogP contribution >= 0.6 is 11.8 Å². The van der Waals surface area contributed by atoms with Crippen molar-refractivity contribution in [2.24, 2.45) is 5.92 Å². The molecule has 1 amide bonds. The summed E-state index contributed by atoms with van der Waals surface area (Å²) in [6, 6.07) is 10.7. The number of thioether (sulfide) groups is 1. The van der Waals surface area contributed by atoms with Crippen molar-refractivity contribution in [3.8, 4) is 0 Å². The fourth-order valence-electron chi connectivity index (χ4n) is 4.43. The summed E-state index contributed by atoms with van der Waals surface area (Å²) >= 11 is 1.42. The van der Waals surface area contributed by atoms with E-state index in [1.54, 1.807) is 0 Å². The topological polar surface area (TPSA) is 73.9 Å². The molecule has 6 nitrogen and oxygen atoms in total. The number of aromatic amines is 1. The molecule has 2 fully saturated rings. The van der Waals surface area contributed by atoms with Crippen molar-refractivity contribution in [1.29, 1.82) is 0 Å². The van der Waals surface area contributed by atoms with E-state index >= 15 is 0 Å². The summed E-state index contributed by atoms with van der Waals surface area (Å²) in [4.78, 5) is 19.3. The third kappa shape index (κ3) is 6.31. The van der Waals surface area contributed by atoms with Gasteiger partial charge in [0.1, 0.15) is 5.82 Å². The Bertz CT molecular complexity index is 775. The zero-order chi connectivity index (χ0) is 19.9. The zero-order valence-electron chi connectivity index (χ0n) is 17.0. The smallest absolute Gasteiger partial charge is 0.230 e. The van der Waals surface area contributed by atoms with Gasteiger partial charge in [0.2, 0.25) is 11.1 Å². The van der Waals surface area contributed by atoms with Gasteiger partial charge >= 0.3 is 0 Å². The monoisotopic (exact) mass is 413 g/mol. The van der Waals surface area contributed by atoms with Gasteiger partial charge in [-0.1, -0.05) is 67.8 Å². The minimum absolute atomic E-state index is 0.0684. The lowest BCUT2D eigenvalue weighted by molar-refractivity contribution is -0.119. The first-order chi connectivity index (χ1) is 14.2. The van der Waals surface area contributed by atoms with E-state index in [1.165, 1.54) is 49.4 Å². The van der Waals surface area contributed by atoms with E-state index in [4.69, 9.17) is 0 Å². The Morgan fingerprint density at radius 3 is 2.86 bits per heavy atom. The molecule has 0 bridgehead atoms. The summed E-state index contributed by atoms with van der Waals surface area (Å²) < 4.78 is 0. The number of rotatable bonds is 9. The Kier molecular flexibility index (Phi) is 7.22. The van der Waals surface area contributed by atoms with Crippen LogP contribution < -0.4 is 5.32 Å². The molecule has 1 aliphatic carbocycles. The number of likely N-dealkylation sites (tertiary alicyclic amines) is 1. The van der Waals surface area contributed by atoms with E-state index in [-0.39, 0.29) is 11.9 Å². The van der Waals surface area contributed by atoms with Crippen LogP contribution in [0.25, 0.3) is 0 Å². The van der Waals surface area contributed by atoms with Gasteiger partial charge in [0.15, 0.2) is 0 Å². The van der Waals surface area contributed by atoms with Gasteiger partial charge in [-0.25, -0.2) is 4.98 Å². The molecule has 2 aliphatic rings. The number of carbonyl (C=O) groups excluding carboxylic acids is 1. The highest BCUT2D eigenvalue weighted by Crippen LogP contribution is 2.28. The van der Waals surface area contributed by atoms with Gasteiger partial charge in [0.05, 0.1) is 5.75 Å². The predicted molar refractivity (Wildman–Crippen MR) is 116 cm³/mol. The number of nitrogens with zero attached hydrogens (tertiary/aromatic N) is 3. The van der Waals surface area contributed by atoms with E-state index in [0.29, 0.717) is 10.9 Å². The molecule has 4 rings (SSSR count). The fraction of sp³-hybridized carbons (Fsp3) is 0.591. The number of amides is 1. The van der Waals surface area contributed by atoms with Gasteiger partial charge in [-0.15, -0.1) is 5.10 Å². The molecule has 1 aliphatic heterocycles. The van der Waals surface area contributed by atoms with Gasteiger partial charge < -0.3 is 5.32 Å². The fourth-order valence-corrected chi connectivity index (χ4v) is 5.06. The second-order valence-corrected chi connectivity index (χ2v) is 9.26. The molecule has 7 heteroatoms. The summed E-state index contributed by atoms with van der Waals surface area (Å²) in [6.07, 6.45) is 8.64. The Labute approximate surface area is 177 Å². The largest absolute Gasteiger partial charge is 0.351 e. The Morgan fingerprint density at radius 2 is 2.03 bits per heavy atom. The molecular formula is C22H31N5OS. The van der Waals surface area contributed by atoms with Crippen molar-refractivity contribution in [2.75, 3.05) is 18.8 Å². The zero-order valence-corrected chi connectivity index (χ0v) is 17.8. The number of nitrogens with one attached hydrogen (secondary N) is 2. The molecule has 156 valence electrons. The molecule has 1 atom stereocenters. The Morgan fingerprint density at radius 1 is 1.21 bits per heavy atom. The van der Waals surface area contributed by atoms with E-state index in [2.05, 4.69) is 49.7 Å². The number of carbonyl (C=O) groups is 1. The average Bonchev–Trinajstić information content (AvgIpc) is 3.48. The maximum absolute atomic E-state index is 12.3.